The molecule has 0 fully saturated rings. The van der Waals surface area contributed by atoms with Crippen LogP contribution < -0.4 is 5.32 Å². The summed E-state index contributed by atoms with van der Waals surface area (Å²) in [6.45, 7) is 6.61. The molecule has 1 aliphatic rings. The van der Waals surface area contributed by atoms with Crippen LogP contribution in [0.3, 0.4) is 0 Å². The standard InChI is InChI=1S/C16H19N3/c1-3-10-19-11-12(2)17-16(19)18-15-9-8-13-6-4-5-7-14(13)15/h3-7,11,15H,1,8-10H2,2H3,(H,17,18). The molecule has 3 heteroatoms. The molecule has 0 spiro atoms. The van der Waals surface area contributed by atoms with Gasteiger partial charge in [-0.15, -0.1) is 6.58 Å². The Morgan fingerprint density at radius 3 is 3.16 bits per heavy atom. The molecule has 19 heavy (non-hydrogen) atoms. The first-order valence-corrected chi connectivity index (χ1v) is 6.77. The molecule has 98 valence electrons. The van der Waals surface area contributed by atoms with Crippen molar-refractivity contribution < 1.29 is 0 Å². The van der Waals surface area contributed by atoms with Gasteiger partial charge in [0.15, 0.2) is 0 Å². The summed E-state index contributed by atoms with van der Waals surface area (Å²) in [6, 6.07) is 9.04. The Labute approximate surface area is 114 Å². The van der Waals surface area contributed by atoms with Gasteiger partial charge in [0.25, 0.3) is 0 Å². The second kappa shape index (κ2) is 4.92. The first kappa shape index (κ1) is 12.0. The molecule has 0 bridgehead atoms. The Morgan fingerprint density at radius 2 is 2.32 bits per heavy atom. The molecule has 3 nitrogen and oxygen atoms in total. The summed E-state index contributed by atoms with van der Waals surface area (Å²) in [5.41, 5.74) is 3.91. The van der Waals surface area contributed by atoms with Crippen LogP contribution in [0.1, 0.15) is 29.3 Å². The summed E-state index contributed by atoms with van der Waals surface area (Å²) in [6.07, 6.45) is 6.24. The number of fused-ring (bicyclic) bond motifs is 1. The van der Waals surface area contributed by atoms with E-state index >= 15 is 0 Å². The zero-order valence-electron chi connectivity index (χ0n) is 11.3. The van der Waals surface area contributed by atoms with E-state index in [1.807, 2.05) is 13.0 Å². The van der Waals surface area contributed by atoms with E-state index in [0.717, 1.165) is 31.0 Å². The smallest absolute Gasteiger partial charge is 0.203 e. The predicted octanol–water partition coefficient (Wildman–Crippen LogP) is 3.48. The highest BCUT2D eigenvalue weighted by Gasteiger charge is 2.22. The molecule has 1 atom stereocenters. The fourth-order valence-electron chi connectivity index (χ4n) is 2.80. The molecule has 0 aliphatic heterocycles. The highest BCUT2D eigenvalue weighted by atomic mass is 15.2. The third kappa shape index (κ3) is 2.28. The van der Waals surface area contributed by atoms with Gasteiger partial charge in [-0.2, -0.15) is 0 Å². The predicted molar refractivity (Wildman–Crippen MR) is 78.3 cm³/mol. The molecular formula is C16H19N3. The SMILES string of the molecule is C=CCn1cc(C)nc1NC1CCc2ccccc21. The average molecular weight is 253 g/mol. The molecule has 0 amide bonds. The van der Waals surface area contributed by atoms with E-state index in [0.29, 0.717) is 6.04 Å². The maximum absolute atomic E-state index is 4.57. The largest absolute Gasteiger partial charge is 0.349 e. The number of hydrogen-bond acceptors (Lipinski definition) is 2. The van der Waals surface area contributed by atoms with Crippen molar-refractivity contribution in [1.82, 2.24) is 9.55 Å². The van der Waals surface area contributed by atoms with Crippen LogP contribution in [-0.4, -0.2) is 9.55 Å². The molecule has 3 rings (SSSR count). The van der Waals surface area contributed by atoms with Gasteiger partial charge < -0.3 is 9.88 Å². The van der Waals surface area contributed by atoms with Crippen LogP contribution in [0.5, 0.6) is 0 Å². The maximum Gasteiger partial charge on any atom is 0.203 e. The normalized spacial score (nSPS) is 17.2. The number of aryl methyl sites for hydroxylation is 2. The van der Waals surface area contributed by atoms with Gasteiger partial charge in [0.2, 0.25) is 5.95 Å². The Kier molecular flexibility index (Phi) is 3.11. The van der Waals surface area contributed by atoms with Crippen LogP contribution >= 0.6 is 0 Å². The second-order valence-corrected chi connectivity index (χ2v) is 5.08. The molecule has 1 unspecified atom stereocenters. The lowest BCUT2D eigenvalue weighted by atomic mass is 10.1. The Hall–Kier alpha value is -2.03. The van der Waals surface area contributed by atoms with Gasteiger partial charge in [-0.3, -0.25) is 0 Å². The van der Waals surface area contributed by atoms with Crippen LogP contribution in [0, 0.1) is 6.92 Å². The number of aromatic nitrogens is 2. The van der Waals surface area contributed by atoms with Crippen LogP contribution in [-0.2, 0) is 13.0 Å². The van der Waals surface area contributed by atoms with Crippen molar-refractivity contribution in [1.29, 1.82) is 0 Å². The Bertz CT molecular complexity index is 598. The van der Waals surface area contributed by atoms with E-state index in [-0.39, 0.29) is 0 Å². The average Bonchev–Trinajstić information content (AvgIpc) is 2.96. The minimum atomic E-state index is 0.376. The van der Waals surface area contributed by atoms with Crippen molar-refractivity contribution in [3.05, 3.63) is 59.9 Å². The van der Waals surface area contributed by atoms with Gasteiger partial charge >= 0.3 is 0 Å². The second-order valence-electron chi connectivity index (χ2n) is 5.08. The van der Waals surface area contributed by atoms with Crippen LogP contribution in [0.4, 0.5) is 5.95 Å². The third-order valence-electron chi connectivity index (χ3n) is 3.66. The third-order valence-corrected chi connectivity index (χ3v) is 3.66. The highest BCUT2D eigenvalue weighted by Crippen LogP contribution is 2.33. The molecular weight excluding hydrogens is 234 g/mol. The fraction of sp³-hybridized carbons (Fsp3) is 0.312. The first-order chi connectivity index (χ1) is 9.28. The zero-order valence-corrected chi connectivity index (χ0v) is 11.3. The van der Waals surface area contributed by atoms with Crippen molar-refractivity contribution >= 4 is 5.95 Å². The molecule has 1 aliphatic carbocycles. The molecule has 0 radical (unpaired) electrons. The molecule has 1 aromatic carbocycles. The number of allylic oxidation sites excluding steroid dienone is 1. The first-order valence-electron chi connectivity index (χ1n) is 6.77. The van der Waals surface area contributed by atoms with Gasteiger partial charge in [0.1, 0.15) is 0 Å². The summed E-state index contributed by atoms with van der Waals surface area (Å²) < 4.78 is 2.11. The van der Waals surface area contributed by atoms with Crippen LogP contribution in [0.25, 0.3) is 0 Å². The van der Waals surface area contributed by atoms with Gasteiger partial charge in [-0.05, 0) is 30.9 Å². The monoisotopic (exact) mass is 253 g/mol. The highest BCUT2D eigenvalue weighted by molar-refractivity contribution is 5.41. The summed E-state index contributed by atoms with van der Waals surface area (Å²) in [5.74, 6) is 0.944. The molecule has 1 aromatic heterocycles. The summed E-state index contributed by atoms with van der Waals surface area (Å²) in [4.78, 5) is 4.57. The summed E-state index contributed by atoms with van der Waals surface area (Å²) >= 11 is 0. The van der Waals surface area contributed by atoms with E-state index in [1.165, 1.54) is 11.1 Å². The topological polar surface area (TPSA) is 29.9 Å². The number of nitrogens with zero attached hydrogens (tertiary/aromatic N) is 2. The van der Waals surface area contributed by atoms with Gasteiger partial charge in [-0.1, -0.05) is 30.3 Å². The lowest BCUT2D eigenvalue weighted by Gasteiger charge is -2.15. The minimum absolute atomic E-state index is 0.376. The molecule has 0 saturated carbocycles. The van der Waals surface area contributed by atoms with Gasteiger partial charge in [0.05, 0.1) is 11.7 Å². The van der Waals surface area contributed by atoms with Crippen molar-refractivity contribution in [2.75, 3.05) is 5.32 Å². The number of imidazole rings is 1. The van der Waals surface area contributed by atoms with Crippen molar-refractivity contribution in [2.45, 2.75) is 32.4 Å². The van der Waals surface area contributed by atoms with Crippen LogP contribution in [0.2, 0.25) is 0 Å². The molecule has 2 aromatic rings. The Balaban J connectivity index is 1.85. The number of nitrogens with one attached hydrogen (secondary N) is 1. The lowest BCUT2D eigenvalue weighted by Crippen LogP contribution is -2.11. The number of anilines is 1. The van der Waals surface area contributed by atoms with Gasteiger partial charge in [-0.25, -0.2) is 4.98 Å². The lowest BCUT2D eigenvalue weighted by molar-refractivity contribution is 0.727. The van der Waals surface area contributed by atoms with E-state index in [1.54, 1.807) is 0 Å². The van der Waals surface area contributed by atoms with E-state index in [4.69, 9.17) is 0 Å². The zero-order chi connectivity index (χ0) is 13.2. The quantitative estimate of drug-likeness (QED) is 0.845. The van der Waals surface area contributed by atoms with E-state index in [2.05, 4.69) is 51.9 Å². The number of hydrogen-bond donors (Lipinski definition) is 1. The fourth-order valence-corrected chi connectivity index (χ4v) is 2.80. The molecule has 0 saturated heterocycles. The number of benzene rings is 1. The van der Waals surface area contributed by atoms with Crippen molar-refractivity contribution in [3.63, 3.8) is 0 Å². The van der Waals surface area contributed by atoms with Gasteiger partial charge in [0, 0.05) is 12.7 Å². The Morgan fingerprint density at radius 1 is 1.47 bits per heavy atom. The van der Waals surface area contributed by atoms with Crippen molar-refractivity contribution in [2.24, 2.45) is 0 Å². The minimum Gasteiger partial charge on any atom is -0.349 e. The maximum atomic E-state index is 4.57. The summed E-state index contributed by atoms with van der Waals surface area (Å²) in [7, 11) is 0. The van der Waals surface area contributed by atoms with E-state index in [9.17, 15) is 0 Å². The van der Waals surface area contributed by atoms with Crippen molar-refractivity contribution in [3.8, 4) is 0 Å². The van der Waals surface area contributed by atoms with Crippen LogP contribution in [0.15, 0.2) is 43.1 Å². The van der Waals surface area contributed by atoms with E-state index < -0.39 is 0 Å². The molecule has 1 heterocycles. The summed E-state index contributed by atoms with van der Waals surface area (Å²) in [5, 5.41) is 3.58. The molecule has 1 N–H and O–H groups in total. The number of rotatable bonds is 4.